The molecule has 2 aromatic rings. The molecule has 4 N–H and O–H groups in total. The van der Waals surface area contributed by atoms with Crippen LogP contribution in [0.1, 0.15) is 5.69 Å². The van der Waals surface area contributed by atoms with Crippen molar-refractivity contribution in [2.45, 2.75) is 19.2 Å². The zero-order valence-corrected chi connectivity index (χ0v) is 11.2. The van der Waals surface area contributed by atoms with Crippen molar-refractivity contribution < 1.29 is 14.9 Å². The van der Waals surface area contributed by atoms with E-state index >= 15 is 0 Å². The molecule has 0 fully saturated rings. The van der Waals surface area contributed by atoms with Gasteiger partial charge in [-0.3, -0.25) is 0 Å². The zero-order valence-electron chi connectivity index (χ0n) is 11.2. The number of nitrogens with two attached hydrogens (primary N) is 1. The third-order valence-electron chi connectivity index (χ3n) is 2.96. The van der Waals surface area contributed by atoms with Crippen molar-refractivity contribution in [3.8, 4) is 17.0 Å². The van der Waals surface area contributed by atoms with Crippen molar-refractivity contribution in [2.24, 2.45) is 5.73 Å². The van der Waals surface area contributed by atoms with Gasteiger partial charge in [0.2, 0.25) is 0 Å². The third kappa shape index (κ3) is 2.96. The molecule has 1 aromatic carbocycles. The molecule has 0 saturated heterocycles. The van der Waals surface area contributed by atoms with Crippen LogP contribution in [0.25, 0.3) is 11.3 Å². The van der Waals surface area contributed by atoms with Crippen LogP contribution in [-0.2, 0) is 13.1 Å². The van der Waals surface area contributed by atoms with Crippen LogP contribution in [0.5, 0.6) is 5.75 Å². The Morgan fingerprint density at radius 3 is 2.60 bits per heavy atom. The topological polar surface area (TPSA) is 106 Å². The van der Waals surface area contributed by atoms with Gasteiger partial charge in [0.1, 0.15) is 11.4 Å². The Balaban J connectivity index is 2.38. The monoisotopic (exact) mass is 278 g/mol. The van der Waals surface area contributed by atoms with Crippen LogP contribution in [-0.4, -0.2) is 45.0 Å². The Kier molecular flexibility index (Phi) is 4.67. The van der Waals surface area contributed by atoms with Crippen molar-refractivity contribution in [3.63, 3.8) is 0 Å². The van der Waals surface area contributed by atoms with Crippen molar-refractivity contribution >= 4 is 0 Å². The van der Waals surface area contributed by atoms with Crippen molar-refractivity contribution in [3.05, 3.63) is 30.0 Å². The Morgan fingerprint density at radius 2 is 2.05 bits per heavy atom. The summed E-state index contributed by atoms with van der Waals surface area (Å²) in [6, 6.07) is 7.40. The molecule has 1 atom stereocenters. The summed E-state index contributed by atoms with van der Waals surface area (Å²) in [6.07, 6.45) is -0.890. The lowest BCUT2D eigenvalue weighted by Crippen LogP contribution is -2.21. The number of aliphatic hydroxyl groups excluding tert-OH is 2. The molecule has 0 radical (unpaired) electrons. The van der Waals surface area contributed by atoms with Crippen LogP contribution in [0.4, 0.5) is 0 Å². The van der Waals surface area contributed by atoms with Crippen LogP contribution in [0.2, 0.25) is 0 Å². The second-order valence-electron chi connectivity index (χ2n) is 4.34. The van der Waals surface area contributed by atoms with E-state index in [1.807, 2.05) is 24.3 Å². The fourth-order valence-electron chi connectivity index (χ4n) is 1.94. The maximum absolute atomic E-state index is 9.56. The van der Waals surface area contributed by atoms with Gasteiger partial charge in [-0.15, -0.1) is 5.10 Å². The maximum Gasteiger partial charge on any atom is 0.118 e. The van der Waals surface area contributed by atoms with Crippen LogP contribution in [0.15, 0.2) is 24.3 Å². The lowest BCUT2D eigenvalue weighted by molar-refractivity contribution is 0.0782. The summed E-state index contributed by atoms with van der Waals surface area (Å²) in [4.78, 5) is 0. The van der Waals surface area contributed by atoms with E-state index in [0.29, 0.717) is 5.69 Å². The SMILES string of the molecule is COc1ccc(-c2c(CN)nnn2CC(O)CO)cc1. The lowest BCUT2D eigenvalue weighted by Gasteiger charge is -2.11. The fourth-order valence-corrected chi connectivity index (χ4v) is 1.94. The summed E-state index contributed by atoms with van der Waals surface area (Å²) in [5, 5.41) is 26.5. The van der Waals surface area contributed by atoms with Gasteiger partial charge in [-0.05, 0) is 24.3 Å². The molecule has 0 aliphatic heterocycles. The largest absolute Gasteiger partial charge is 0.497 e. The van der Waals surface area contributed by atoms with Crippen LogP contribution in [0, 0.1) is 0 Å². The number of methoxy groups -OCH3 is 1. The maximum atomic E-state index is 9.56. The van der Waals surface area contributed by atoms with E-state index in [-0.39, 0.29) is 19.7 Å². The molecule has 0 bridgehead atoms. The molecule has 0 saturated carbocycles. The average molecular weight is 278 g/mol. The molecule has 0 aliphatic carbocycles. The standard InChI is InChI=1S/C13H18N4O3/c1-20-11-4-2-9(3-5-11)13-12(6-14)15-16-17(13)7-10(19)8-18/h2-5,10,18-19H,6-8,14H2,1H3. The Bertz CT molecular complexity index is 553. The smallest absolute Gasteiger partial charge is 0.118 e. The van der Waals surface area contributed by atoms with Crippen molar-refractivity contribution in [1.29, 1.82) is 0 Å². The molecular formula is C13H18N4O3. The summed E-state index contributed by atoms with van der Waals surface area (Å²) >= 11 is 0. The Morgan fingerprint density at radius 1 is 1.35 bits per heavy atom. The first kappa shape index (κ1) is 14.4. The van der Waals surface area contributed by atoms with E-state index in [1.54, 1.807) is 11.8 Å². The minimum absolute atomic E-state index is 0.158. The normalized spacial score (nSPS) is 12.4. The zero-order chi connectivity index (χ0) is 14.5. The molecule has 0 spiro atoms. The molecule has 2 rings (SSSR count). The number of ether oxygens (including phenoxy) is 1. The van der Waals surface area contributed by atoms with E-state index < -0.39 is 6.10 Å². The summed E-state index contributed by atoms with van der Waals surface area (Å²) in [5.41, 5.74) is 7.92. The molecule has 108 valence electrons. The molecular weight excluding hydrogens is 260 g/mol. The van der Waals surface area contributed by atoms with E-state index in [9.17, 15) is 5.11 Å². The molecule has 20 heavy (non-hydrogen) atoms. The number of hydrogen-bond donors (Lipinski definition) is 3. The van der Waals surface area contributed by atoms with E-state index in [1.165, 1.54) is 0 Å². The highest BCUT2D eigenvalue weighted by molar-refractivity contribution is 5.62. The number of benzene rings is 1. The summed E-state index contributed by atoms with van der Waals surface area (Å²) in [6.45, 7) is 0.0708. The predicted molar refractivity (Wildman–Crippen MR) is 73.0 cm³/mol. The van der Waals surface area contributed by atoms with Gasteiger partial charge in [-0.25, -0.2) is 4.68 Å². The van der Waals surface area contributed by atoms with E-state index in [2.05, 4.69) is 10.3 Å². The number of aromatic nitrogens is 3. The molecule has 0 amide bonds. The number of nitrogens with zero attached hydrogens (tertiary/aromatic N) is 3. The summed E-state index contributed by atoms with van der Waals surface area (Å²) < 4.78 is 6.67. The minimum Gasteiger partial charge on any atom is -0.497 e. The summed E-state index contributed by atoms with van der Waals surface area (Å²) in [5.74, 6) is 0.748. The van der Waals surface area contributed by atoms with Gasteiger partial charge < -0.3 is 20.7 Å². The molecule has 1 heterocycles. The van der Waals surface area contributed by atoms with Crippen LogP contribution >= 0.6 is 0 Å². The van der Waals surface area contributed by atoms with E-state index in [0.717, 1.165) is 17.0 Å². The number of hydrogen-bond acceptors (Lipinski definition) is 6. The summed E-state index contributed by atoms with van der Waals surface area (Å²) in [7, 11) is 1.60. The van der Waals surface area contributed by atoms with E-state index in [4.69, 9.17) is 15.6 Å². The molecule has 1 unspecified atom stereocenters. The number of aliphatic hydroxyl groups is 2. The lowest BCUT2D eigenvalue weighted by atomic mass is 10.1. The first-order valence-electron chi connectivity index (χ1n) is 6.25. The van der Waals surface area contributed by atoms with Gasteiger partial charge in [-0.2, -0.15) is 0 Å². The Hall–Kier alpha value is -1.96. The fraction of sp³-hybridized carbons (Fsp3) is 0.385. The van der Waals surface area contributed by atoms with Gasteiger partial charge in [0.25, 0.3) is 0 Å². The van der Waals surface area contributed by atoms with Gasteiger partial charge in [0, 0.05) is 12.1 Å². The molecule has 7 heteroatoms. The van der Waals surface area contributed by atoms with Gasteiger partial charge in [0.15, 0.2) is 0 Å². The second-order valence-corrected chi connectivity index (χ2v) is 4.34. The molecule has 0 aliphatic rings. The van der Waals surface area contributed by atoms with Crippen LogP contribution < -0.4 is 10.5 Å². The minimum atomic E-state index is -0.890. The van der Waals surface area contributed by atoms with Gasteiger partial charge >= 0.3 is 0 Å². The van der Waals surface area contributed by atoms with Crippen molar-refractivity contribution in [1.82, 2.24) is 15.0 Å². The highest BCUT2D eigenvalue weighted by Crippen LogP contribution is 2.24. The highest BCUT2D eigenvalue weighted by atomic mass is 16.5. The quantitative estimate of drug-likeness (QED) is 0.673. The number of rotatable bonds is 6. The highest BCUT2D eigenvalue weighted by Gasteiger charge is 2.16. The molecule has 1 aromatic heterocycles. The Labute approximate surface area is 116 Å². The predicted octanol–water partition coefficient (Wildman–Crippen LogP) is -0.234. The van der Waals surface area contributed by atoms with Crippen molar-refractivity contribution in [2.75, 3.05) is 13.7 Å². The second kappa shape index (κ2) is 6.47. The van der Waals surface area contributed by atoms with Crippen LogP contribution in [0.3, 0.4) is 0 Å². The molecule has 7 nitrogen and oxygen atoms in total. The first-order valence-corrected chi connectivity index (χ1v) is 6.25. The first-order chi connectivity index (χ1) is 9.69. The average Bonchev–Trinajstić information content (AvgIpc) is 2.89. The third-order valence-corrected chi connectivity index (χ3v) is 2.96. The van der Waals surface area contributed by atoms with Gasteiger partial charge in [-0.1, -0.05) is 5.21 Å². The van der Waals surface area contributed by atoms with Gasteiger partial charge in [0.05, 0.1) is 32.1 Å².